The van der Waals surface area contributed by atoms with E-state index in [-0.39, 0.29) is 0 Å². The van der Waals surface area contributed by atoms with Gasteiger partial charge in [-0.05, 0) is 11.6 Å². The first-order chi connectivity index (χ1) is 6.54. The van der Waals surface area contributed by atoms with Gasteiger partial charge < -0.3 is 0 Å². The van der Waals surface area contributed by atoms with Crippen LogP contribution in [-0.2, 0) is 9.59 Å². The van der Waals surface area contributed by atoms with E-state index in [2.05, 4.69) is 15.9 Å². The number of alkyl halides is 1. The summed E-state index contributed by atoms with van der Waals surface area (Å²) in [5.41, 5.74) is 0.620. The summed E-state index contributed by atoms with van der Waals surface area (Å²) >= 11 is 9.12. The molecule has 1 rings (SSSR count). The molecular weight excluding hydrogens is 267 g/mol. The fourth-order valence-corrected chi connectivity index (χ4v) is 1.99. The Kier molecular flexibility index (Phi) is 3.84. The topological polar surface area (TPSA) is 34.1 Å². The van der Waals surface area contributed by atoms with Crippen molar-refractivity contribution in [3.05, 3.63) is 34.3 Å². The van der Waals surface area contributed by atoms with Crippen LogP contribution in [0.15, 0.2) is 28.7 Å². The maximum atomic E-state index is 11.3. The predicted octanol–water partition coefficient (Wildman–Crippen LogP) is 2.89. The second-order valence-corrected chi connectivity index (χ2v) is 4.10. The van der Waals surface area contributed by atoms with Crippen LogP contribution in [0.5, 0.6) is 0 Å². The molecule has 74 valence electrons. The first kappa shape index (κ1) is 11.4. The molecule has 0 fully saturated rings. The summed E-state index contributed by atoms with van der Waals surface area (Å²) in [6.07, 6.45) is 0. The maximum absolute atomic E-state index is 11.3. The van der Waals surface area contributed by atoms with Gasteiger partial charge in [0.05, 0.1) is 0 Å². The molecule has 0 saturated heterocycles. The summed E-state index contributed by atoms with van der Waals surface area (Å²) in [6.45, 7) is 1.22. The molecule has 0 N–H and O–H groups in total. The largest absolute Gasteiger partial charge is 0.291 e. The van der Waals surface area contributed by atoms with Gasteiger partial charge >= 0.3 is 0 Å². The lowest BCUT2D eigenvalue weighted by Gasteiger charge is -2.08. The van der Waals surface area contributed by atoms with Crippen LogP contribution in [0, 0.1) is 0 Å². The van der Waals surface area contributed by atoms with Gasteiger partial charge in [-0.2, -0.15) is 0 Å². The molecule has 0 bridgehead atoms. The molecule has 1 atom stereocenters. The molecule has 1 unspecified atom stereocenters. The Balaban J connectivity index is 3.01. The highest BCUT2D eigenvalue weighted by molar-refractivity contribution is 9.10. The molecule has 0 aromatic heterocycles. The number of ketones is 2. The van der Waals surface area contributed by atoms with E-state index in [1.54, 1.807) is 18.2 Å². The minimum absolute atomic E-state index is 0.527. The van der Waals surface area contributed by atoms with Gasteiger partial charge in [0.15, 0.2) is 5.78 Å². The van der Waals surface area contributed by atoms with Crippen molar-refractivity contribution in [1.82, 2.24) is 0 Å². The number of hydrogen-bond donors (Lipinski definition) is 0. The molecule has 0 heterocycles. The molecule has 0 spiro atoms. The van der Waals surface area contributed by atoms with E-state index in [9.17, 15) is 9.59 Å². The summed E-state index contributed by atoms with van der Waals surface area (Å²) < 4.78 is 0.731. The lowest BCUT2D eigenvalue weighted by Crippen LogP contribution is -2.15. The molecular formula is C10H8BrClO2. The summed E-state index contributed by atoms with van der Waals surface area (Å²) in [6, 6.07) is 7.07. The Bertz CT molecular complexity index is 376. The minimum Gasteiger partial charge on any atom is -0.291 e. The van der Waals surface area contributed by atoms with Crippen LogP contribution in [0.25, 0.3) is 0 Å². The third-order valence-electron chi connectivity index (χ3n) is 1.76. The van der Waals surface area contributed by atoms with Gasteiger partial charge in [-0.25, -0.2) is 0 Å². The van der Waals surface area contributed by atoms with Crippen molar-refractivity contribution in [3.8, 4) is 0 Å². The number of carbonyl (C=O) groups is 2. The minimum atomic E-state index is -0.900. The lowest BCUT2D eigenvalue weighted by molar-refractivity contribution is -0.135. The molecule has 0 amide bonds. The third-order valence-corrected chi connectivity index (χ3v) is 2.91. The molecule has 1 aromatic rings. The Morgan fingerprint density at radius 2 is 1.93 bits per heavy atom. The molecule has 0 radical (unpaired) electrons. The van der Waals surface area contributed by atoms with Crippen molar-refractivity contribution in [2.75, 3.05) is 0 Å². The fourth-order valence-electron chi connectivity index (χ4n) is 1.00. The standard InChI is InChI=1S/C10H8BrClO2/c1-6(13)10(14)9(12)7-4-2-3-5-8(7)11/h2-5,9H,1H3. The van der Waals surface area contributed by atoms with Crippen molar-refractivity contribution >= 4 is 39.1 Å². The van der Waals surface area contributed by atoms with Crippen LogP contribution in [0.3, 0.4) is 0 Å². The first-order valence-electron chi connectivity index (χ1n) is 3.97. The van der Waals surface area contributed by atoms with Crippen molar-refractivity contribution in [1.29, 1.82) is 0 Å². The molecule has 0 aliphatic rings. The summed E-state index contributed by atoms with van der Waals surface area (Å²) in [5.74, 6) is -1.11. The smallest absolute Gasteiger partial charge is 0.220 e. The zero-order valence-electron chi connectivity index (χ0n) is 7.46. The summed E-state index contributed by atoms with van der Waals surface area (Å²) in [4.78, 5) is 22.1. The highest BCUT2D eigenvalue weighted by Crippen LogP contribution is 2.28. The number of carbonyl (C=O) groups excluding carboxylic acids is 2. The number of rotatable bonds is 3. The second kappa shape index (κ2) is 4.71. The number of benzene rings is 1. The Morgan fingerprint density at radius 1 is 1.36 bits per heavy atom. The van der Waals surface area contributed by atoms with E-state index in [0.717, 1.165) is 4.47 Å². The average Bonchev–Trinajstić information content (AvgIpc) is 2.16. The Morgan fingerprint density at radius 3 is 2.43 bits per heavy atom. The van der Waals surface area contributed by atoms with Crippen LogP contribution in [-0.4, -0.2) is 11.6 Å². The molecule has 0 aliphatic carbocycles. The maximum Gasteiger partial charge on any atom is 0.220 e. The van der Waals surface area contributed by atoms with Crippen molar-refractivity contribution in [2.45, 2.75) is 12.3 Å². The van der Waals surface area contributed by atoms with Crippen molar-refractivity contribution < 1.29 is 9.59 Å². The van der Waals surface area contributed by atoms with Gasteiger partial charge in [0.25, 0.3) is 0 Å². The number of Topliss-reactive ketones (excluding diaryl/α,β-unsaturated/α-hetero) is 2. The zero-order valence-corrected chi connectivity index (χ0v) is 9.80. The molecule has 0 saturated carbocycles. The highest BCUT2D eigenvalue weighted by atomic mass is 79.9. The fraction of sp³-hybridized carbons (Fsp3) is 0.200. The normalized spacial score (nSPS) is 12.2. The van der Waals surface area contributed by atoms with E-state index in [4.69, 9.17) is 11.6 Å². The second-order valence-electron chi connectivity index (χ2n) is 2.80. The summed E-state index contributed by atoms with van der Waals surface area (Å²) in [7, 11) is 0. The van der Waals surface area contributed by atoms with Gasteiger partial charge in [0.2, 0.25) is 5.78 Å². The predicted molar refractivity (Wildman–Crippen MR) is 58.4 cm³/mol. The lowest BCUT2D eigenvalue weighted by atomic mass is 10.1. The molecule has 14 heavy (non-hydrogen) atoms. The summed E-state index contributed by atoms with van der Waals surface area (Å²) in [5, 5.41) is -0.900. The van der Waals surface area contributed by atoms with Gasteiger partial charge in [-0.3, -0.25) is 9.59 Å². The Labute approximate surface area is 95.4 Å². The van der Waals surface area contributed by atoms with Crippen LogP contribution in [0.2, 0.25) is 0 Å². The Hall–Kier alpha value is -0.670. The van der Waals surface area contributed by atoms with Crippen LogP contribution in [0.1, 0.15) is 17.9 Å². The quantitative estimate of drug-likeness (QED) is 0.628. The van der Waals surface area contributed by atoms with Crippen LogP contribution >= 0.6 is 27.5 Å². The first-order valence-corrected chi connectivity index (χ1v) is 5.20. The van der Waals surface area contributed by atoms with Gasteiger partial charge in [0, 0.05) is 11.4 Å². The molecule has 0 aliphatic heterocycles. The van der Waals surface area contributed by atoms with E-state index in [0.29, 0.717) is 5.56 Å². The van der Waals surface area contributed by atoms with Crippen molar-refractivity contribution in [3.63, 3.8) is 0 Å². The van der Waals surface area contributed by atoms with E-state index in [1.807, 2.05) is 6.07 Å². The average molecular weight is 276 g/mol. The van der Waals surface area contributed by atoms with Gasteiger partial charge in [-0.15, -0.1) is 11.6 Å². The van der Waals surface area contributed by atoms with E-state index in [1.165, 1.54) is 6.92 Å². The highest BCUT2D eigenvalue weighted by Gasteiger charge is 2.22. The SMILES string of the molecule is CC(=O)C(=O)C(Cl)c1ccccc1Br. The molecule has 1 aromatic carbocycles. The van der Waals surface area contributed by atoms with Crippen LogP contribution < -0.4 is 0 Å². The number of halogens is 2. The third kappa shape index (κ3) is 2.42. The van der Waals surface area contributed by atoms with Crippen LogP contribution in [0.4, 0.5) is 0 Å². The molecule has 4 heteroatoms. The molecule has 2 nitrogen and oxygen atoms in total. The monoisotopic (exact) mass is 274 g/mol. The zero-order chi connectivity index (χ0) is 10.7. The van der Waals surface area contributed by atoms with E-state index < -0.39 is 16.9 Å². The van der Waals surface area contributed by atoms with Crippen molar-refractivity contribution in [2.24, 2.45) is 0 Å². The number of hydrogen-bond acceptors (Lipinski definition) is 2. The van der Waals surface area contributed by atoms with Gasteiger partial charge in [-0.1, -0.05) is 34.1 Å². The van der Waals surface area contributed by atoms with Gasteiger partial charge in [0.1, 0.15) is 5.38 Å². The van der Waals surface area contributed by atoms with E-state index >= 15 is 0 Å².